The van der Waals surface area contributed by atoms with Gasteiger partial charge in [-0.3, -0.25) is 9.69 Å². The number of anilines is 1. The Balaban J connectivity index is 1.63. The molecule has 41 heavy (non-hydrogen) atoms. The number of hydrogen-bond acceptors (Lipinski definition) is 1. The van der Waals surface area contributed by atoms with Crippen molar-refractivity contribution in [1.82, 2.24) is 0 Å². The standard InChI is InChI=1S/C38H32FNO/c1-27-26-37(2,3)40(36(41)32-21-13-14-22-34(32)39)35-24-23-31(25-33(27)35)38(28-15-7-4-8-16-28,29-17-9-5-10-18-29)30-19-11-6-12-20-30/h4-26H,1-3H3. The van der Waals surface area contributed by atoms with Gasteiger partial charge >= 0.3 is 0 Å². The van der Waals surface area contributed by atoms with E-state index in [1.165, 1.54) is 6.07 Å². The zero-order valence-electron chi connectivity index (χ0n) is 23.5. The van der Waals surface area contributed by atoms with E-state index in [2.05, 4.69) is 97.9 Å². The number of halogens is 1. The van der Waals surface area contributed by atoms with Gasteiger partial charge in [0.25, 0.3) is 5.91 Å². The number of hydrogen-bond donors (Lipinski definition) is 0. The Hall–Kier alpha value is -4.76. The van der Waals surface area contributed by atoms with Crippen LogP contribution in [0.25, 0.3) is 5.57 Å². The summed E-state index contributed by atoms with van der Waals surface area (Å²) in [6, 6.07) is 44.2. The maximum Gasteiger partial charge on any atom is 0.262 e. The molecule has 0 spiro atoms. The number of carbonyl (C=O) groups excluding carboxylic acids is 1. The number of carbonyl (C=O) groups is 1. The SMILES string of the molecule is CC1=CC(C)(C)N(C(=O)c2ccccc2F)c2ccc(C(c3ccccc3)(c3ccccc3)c3ccccc3)cc21. The third-order valence-electron chi connectivity index (χ3n) is 8.17. The summed E-state index contributed by atoms with van der Waals surface area (Å²) >= 11 is 0. The molecule has 2 nitrogen and oxygen atoms in total. The lowest BCUT2D eigenvalue weighted by Crippen LogP contribution is -2.49. The average molecular weight is 538 g/mol. The Morgan fingerprint density at radius 1 is 0.659 bits per heavy atom. The fraction of sp³-hybridized carbons (Fsp3) is 0.132. The zero-order valence-corrected chi connectivity index (χ0v) is 23.5. The molecule has 0 bridgehead atoms. The van der Waals surface area contributed by atoms with Gasteiger partial charge in [-0.15, -0.1) is 0 Å². The summed E-state index contributed by atoms with van der Waals surface area (Å²) in [6.45, 7) is 6.08. The Labute approximate surface area is 241 Å². The maximum absolute atomic E-state index is 14.8. The second-order valence-electron chi connectivity index (χ2n) is 11.2. The van der Waals surface area contributed by atoms with E-state index in [0.29, 0.717) is 0 Å². The van der Waals surface area contributed by atoms with Crippen molar-refractivity contribution in [2.75, 3.05) is 4.90 Å². The van der Waals surface area contributed by atoms with Crippen LogP contribution in [-0.4, -0.2) is 11.4 Å². The average Bonchev–Trinajstić information content (AvgIpc) is 2.99. The van der Waals surface area contributed by atoms with Gasteiger partial charge in [0.2, 0.25) is 0 Å². The van der Waals surface area contributed by atoms with E-state index in [1.54, 1.807) is 23.1 Å². The summed E-state index contributed by atoms with van der Waals surface area (Å²) in [5.74, 6) is -0.875. The van der Waals surface area contributed by atoms with Gasteiger partial charge in [-0.05, 0) is 72.9 Å². The molecule has 6 rings (SSSR count). The molecule has 0 unspecified atom stereocenters. The van der Waals surface area contributed by atoms with E-state index in [-0.39, 0.29) is 11.5 Å². The van der Waals surface area contributed by atoms with Gasteiger partial charge in [0.15, 0.2) is 0 Å². The summed E-state index contributed by atoms with van der Waals surface area (Å²) in [6.07, 6.45) is 2.10. The fourth-order valence-corrected chi connectivity index (χ4v) is 6.45. The highest BCUT2D eigenvalue weighted by molar-refractivity contribution is 6.10. The van der Waals surface area contributed by atoms with E-state index in [4.69, 9.17) is 0 Å². The summed E-state index contributed by atoms with van der Waals surface area (Å²) in [4.78, 5) is 15.6. The molecule has 1 aliphatic rings. The molecule has 0 N–H and O–H groups in total. The first kappa shape index (κ1) is 26.5. The smallest absolute Gasteiger partial charge is 0.262 e. The van der Waals surface area contributed by atoms with Crippen LogP contribution >= 0.6 is 0 Å². The van der Waals surface area contributed by atoms with Crippen LogP contribution in [0.4, 0.5) is 10.1 Å². The first-order chi connectivity index (χ1) is 19.8. The van der Waals surface area contributed by atoms with Gasteiger partial charge in [0.05, 0.1) is 22.2 Å². The minimum atomic E-state index is -0.645. The first-order valence-corrected chi connectivity index (χ1v) is 13.9. The minimum absolute atomic E-state index is 0.0655. The van der Waals surface area contributed by atoms with Gasteiger partial charge < -0.3 is 0 Å². The lowest BCUT2D eigenvalue weighted by Gasteiger charge is -2.43. The quantitative estimate of drug-likeness (QED) is 0.205. The second-order valence-corrected chi connectivity index (χ2v) is 11.2. The van der Waals surface area contributed by atoms with Crippen molar-refractivity contribution in [3.8, 4) is 0 Å². The highest BCUT2D eigenvalue weighted by atomic mass is 19.1. The van der Waals surface area contributed by atoms with Crippen LogP contribution in [0.2, 0.25) is 0 Å². The summed E-state index contributed by atoms with van der Waals surface area (Å²) in [5, 5.41) is 0. The molecule has 0 fully saturated rings. The molecule has 0 aromatic heterocycles. The van der Waals surface area contributed by atoms with Crippen molar-refractivity contribution < 1.29 is 9.18 Å². The highest BCUT2D eigenvalue weighted by Gasteiger charge is 2.41. The Bertz CT molecular complexity index is 1640. The molecule has 0 radical (unpaired) electrons. The zero-order chi connectivity index (χ0) is 28.6. The van der Waals surface area contributed by atoms with Crippen LogP contribution in [0, 0.1) is 5.82 Å². The number of benzene rings is 5. The van der Waals surface area contributed by atoms with Gasteiger partial charge in [0, 0.05) is 5.56 Å². The lowest BCUT2D eigenvalue weighted by molar-refractivity contribution is 0.0966. The third kappa shape index (κ3) is 4.38. The van der Waals surface area contributed by atoms with Crippen LogP contribution in [-0.2, 0) is 5.41 Å². The van der Waals surface area contributed by atoms with Crippen LogP contribution < -0.4 is 4.90 Å². The molecule has 0 aliphatic carbocycles. The van der Waals surface area contributed by atoms with Gasteiger partial charge in [0.1, 0.15) is 5.82 Å². The van der Waals surface area contributed by atoms with Crippen molar-refractivity contribution in [1.29, 1.82) is 0 Å². The number of rotatable bonds is 5. The predicted octanol–water partition coefficient (Wildman–Crippen LogP) is 9.05. The van der Waals surface area contributed by atoms with Gasteiger partial charge in [-0.2, -0.15) is 0 Å². The Morgan fingerprint density at radius 3 is 1.66 bits per heavy atom. The first-order valence-electron chi connectivity index (χ1n) is 13.9. The van der Waals surface area contributed by atoms with Crippen LogP contribution in [0.15, 0.2) is 140 Å². The second kappa shape index (κ2) is 10.3. The fourth-order valence-electron chi connectivity index (χ4n) is 6.45. The summed E-state index contributed by atoms with van der Waals surface area (Å²) in [5.41, 5.74) is 6.15. The van der Waals surface area contributed by atoms with Crippen molar-refractivity contribution in [2.24, 2.45) is 0 Å². The van der Waals surface area contributed by atoms with Crippen LogP contribution in [0.1, 0.15) is 58.9 Å². The van der Waals surface area contributed by atoms with E-state index in [0.717, 1.165) is 39.1 Å². The summed E-state index contributed by atoms with van der Waals surface area (Å²) < 4.78 is 14.8. The van der Waals surface area contributed by atoms with E-state index < -0.39 is 16.8 Å². The summed E-state index contributed by atoms with van der Waals surface area (Å²) in [7, 11) is 0. The van der Waals surface area contributed by atoms with Crippen molar-refractivity contribution in [3.63, 3.8) is 0 Å². The Kier molecular flexibility index (Phi) is 6.67. The van der Waals surface area contributed by atoms with Crippen LogP contribution in [0.3, 0.4) is 0 Å². The topological polar surface area (TPSA) is 20.3 Å². The van der Waals surface area contributed by atoms with E-state index in [9.17, 15) is 9.18 Å². The number of nitrogens with zero attached hydrogens (tertiary/aromatic N) is 1. The van der Waals surface area contributed by atoms with Gasteiger partial charge in [-0.25, -0.2) is 4.39 Å². The largest absolute Gasteiger partial charge is 0.299 e. The molecule has 1 heterocycles. The van der Waals surface area contributed by atoms with E-state index in [1.807, 2.05) is 38.1 Å². The number of allylic oxidation sites excluding steroid dienone is 1. The number of fused-ring (bicyclic) bond motifs is 1. The van der Waals surface area contributed by atoms with Crippen molar-refractivity contribution in [2.45, 2.75) is 31.7 Å². The van der Waals surface area contributed by atoms with Crippen LogP contribution in [0.5, 0.6) is 0 Å². The molecule has 1 aliphatic heterocycles. The molecule has 5 aromatic carbocycles. The molecule has 1 amide bonds. The monoisotopic (exact) mass is 537 g/mol. The van der Waals surface area contributed by atoms with Crippen molar-refractivity contribution in [3.05, 3.63) is 179 Å². The maximum atomic E-state index is 14.8. The highest BCUT2D eigenvalue weighted by Crippen LogP contribution is 2.48. The normalized spacial score (nSPS) is 14.2. The van der Waals surface area contributed by atoms with E-state index >= 15 is 0 Å². The molecular weight excluding hydrogens is 505 g/mol. The molecule has 0 saturated carbocycles. The molecule has 0 atom stereocenters. The molecular formula is C38H32FNO. The van der Waals surface area contributed by atoms with Crippen molar-refractivity contribution >= 4 is 17.2 Å². The number of amides is 1. The lowest BCUT2D eigenvalue weighted by atomic mass is 9.64. The minimum Gasteiger partial charge on any atom is -0.299 e. The molecule has 0 saturated heterocycles. The predicted molar refractivity (Wildman–Crippen MR) is 166 cm³/mol. The third-order valence-corrected chi connectivity index (χ3v) is 8.17. The molecule has 3 heteroatoms. The van der Waals surface area contributed by atoms with Gasteiger partial charge in [-0.1, -0.05) is 115 Å². The molecule has 202 valence electrons. The molecule has 5 aromatic rings. The Morgan fingerprint density at radius 2 is 1.15 bits per heavy atom.